The van der Waals surface area contributed by atoms with Crippen LogP contribution >= 0.6 is 0 Å². The van der Waals surface area contributed by atoms with E-state index >= 15 is 0 Å². The normalized spacial score (nSPS) is 10.2. The Morgan fingerprint density at radius 1 is 1.38 bits per heavy atom. The van der Waals surface area contributed by atoms with E-state index in [2.05, 4.69) is 6.07 Å². The Hall–Kier alpha value is -1.75. The summed E-state index contributed by atoms with van der Waals surface area (Å²) >= 11 is 0. The molecule has 1 aromatic carbocycles. The fourth-order valence-electron chi connectivity index (χ4n) is 1.71. The predicted octanol–water partition coefficient (Wildman–Crippen LogP) is 2.36. The minimum atomic E-state index is 0.760. The highest BCUT2D eigenvalue weighted by Crippen LogP contribution is 2.22. The predicted molar refractivity (Wildman–Crippen MR) is 52.4 cm³/mol. The minimum Gasteiger partial charge on any atom is -0.349 e. The third kappa shape index (κ3) is 1.01. The quantitative estimate of drug-likeness (QED) is 0.596. The van der Waals surface area contributed by atoms with E-state index in [4.69, 9.17) is 5.26 Å². The van der Waals surface area contributed by atoms with Crippen molar-refractivity contribution < 1.29 is 0 Å². The molecule has 0 amide bonds. The zero-order valence-electron chi connectivity index (χ0n) is 7.70. The molecular formula is C11H10N2. The Morgan fingerprint density at radius 3 is 2.85 bits per heavy atom. The largest absolute Gasteiger partial charge is 0.349 e. The van der Waals surface area contributed by atoms with E-state index in [0.29, 0.717) is 0 Å². The summed E-state index contributed by atoms with van der Waals surface area (Å²) < 4.78 is 1.99. The molecule has 2 heteroatoms. The molecule has 0 spiro atoms. The number of hydrogen-bond donors (Lipinski definition) is 0. The molecule has 2 aromatic rings. The first kappa shape index (κ1) is 7.88. The van der Waals surface area contributed by atoms with Gasteiger partial charge in [-0.3, -0.25) is 0 Å². The number of rotatable bonds is 0. The molecule has 0 bridgehead atoms. The van der Waals surface area contributed by atoms with Crippen molar-refractivity contribution in [3.63, 3.8) is 0 Å². The zero-order valence-corrected chi connectivity index (χ0v) is 7.70. The maximum absolute atomic E-state index is 8.91. The van der Waals surface area contributed by atoms with Gasteiger partial charge in [0.15, 0.2) is 0 Å². The second-order valence-electron chi connectivity index (χ2n) is 3.23. The Balaban J connectivity index is 2.99. The zero-order chi connectivity index (χ0) is 9.42. The Kier molecular flexibility index (Phi) is 1.60. The van der Waals surface area contributed by atoms with Crippen molar-refractivity contribution in [2.75, 3.05) is 0 Å². The molecule has 64 valence electrons. The van der Waals surface area contributed by atoms with Crippen LogP contribution in [0.25, 0.3) is 10.9 Å². The molecule has 0 unspecified atom stereocenters. The molecule has 0 N–H and O–H groups in total. The van der Waals surface area contributed by atoms with Crippen LogP contribution in [-0.4, -0.2) is 4.57 Å². The van der Waals surface area contributed by atoms with Crippen molar-refractivity contribution in [2.45, 2.75) is 6.92 Å². The number of fused-ring (bicyclic) bond motifs is 1. The van der Waals surface area contributed by atoms with E-state index in [1.165, 1.54) is 0 Å². The summed E-state index contributed by atoms with van der Waals surface area (Å²) in [5, 5.41) is 9.99. The van der Waals surface area contributed by atoms with Crippen LogP contribution in [0.1, 0.15) is 11.1 Å². The maximum atomic E-state index is 8.91. The highest BCUT2D eigenvalue weighted by Gasteiger charge is 2.06. The van der Waals surface area contributed by atoms with Gasteiger partial charge in [-0.25, -0.2) is 0 Å². The Labute approximate surface area is 77.0 Å². The fourth-order valence-corrected chi connectivity index (χ4v) is 1.71. The van der Waals surface area contributed by atoms with Gasteiger partial charge in [0.05, 0.1) is 5.56 Å². The number of benzene rings is 1. The van der Waals surface area contributed by atoms with Gasteiger partial charge >= 0.3 is 0 Å². The SMILES string of the molecule is Cc1cccc2c1c(C#N)cn2C. The number of aromatic nitrogens is 1. The van der Waals surface area contributed by atoms with Gasteiger partial charge in [0.25, 0.3) is 0 Å². The van der Waals surface area contributed by atoms with Gasteiger partial charge in [-0.05, 0) is 18.6 Å². The third-order valence-corrected chi connectivity index (χ3v) is 2.34. The van der Waals surface area contributed by atoms with Gasteiger partial charge in [0.2, 0.25) is 0 Å². The molecule has 2 nitrogen and oxygen atoms in total. The molecule has 13 heavy (non-hydrogen) atoms. The first-order valence-electron chi connectivity index (χ1n) is 4.19. The number of hydrogen-bond acceptors (Lipinski definition) is 1. The molecule has 0 fully saturated rings. The summed E-state index contributed by atoms with van der Waals surface area (Å²) in [5.41, 5.74) is 3.04. The summed E-state index contributed by atoms with van der Waals surface area (Å²) in [6.07, 6.45) is 1.87. The Bertz CT molecular complexity index is 501. The average Bonchev–Trinajstić information content (AvgIpc) is 2.45. The van der Waals surface area contributed by atoms with Crippen molar-refractivity contribution in [3.8, 4) is 6.07 Å². The van der Waals surface area contributed by atoms with E-state index in [1.807, 2.05) is 42.9 Å². The van der Waals surface area contributed by atoms with Gasteiger partial charge in [-0.1, -0.05) is 12.1 Å². The summed E-state index contributed by atoms with van der Waals surface area (Å²) in [5.74, 6) is 0. The van der Waals surface area contributed by atoms with E-state index < -0.39 is 0 Å². The summed E-state index contributed by atoms with van der Waals surface area (Å²) in [4.78, 5) is 0. The second-order valence-corrected chi connectivity index (χ2v) is 3.23. The molecule has 2 rings (SSSR count). The van der Waals surface area contributed by atoms with Crippen LogP contribution in [0.3, 0.4) is 0 Å². The molecular weight excluding hydrogens is 160 g/mol. The molecule has 0 atom stereocenters. The van der Waals surface area contributed by atoms with E-state index in [-0.39, 0.29) is 0 Å². The van der Waals surface area contributed by atoms with Crippen molar-refractivity contribution in [3.05, 3.63) is 35.5 Å². The molecule has 0 saturated heterocycles. The third-order valence-electron chi connectivity index (χ3n) is 2.34. The highest BCUT2D eigenvalue weighted by molar-refractivity contribution is 5.89. The molecule has 0 saturated carbocycles. The van der Waals surface area contributed by atoms with Crippen LogP contribution in [0.5, 0.6) is 0 Å². The van der Waals surface area contributed by atoms with Crippen LogP contribution in [0, 0.1) is 18.3 Å². The van der Waals surface area contributed by atoms with Crippen molar-refractivity contribution in [2.24, 2.45) is 7.05 Å². The van der Waals surface area contributed by atoms with Gasteiger partial charge in [0, 0.05) is 24.1 Å². The molecule has 0 aliphatic heterocycles. The lowest BCUT2D eigenvalue weighted by molar-refractivity contribution is 0.967. The Morgan fingerprint density at radius 2 is 2.15 bits per heavy atom. The first-order chi connectivity index (χ1) is 6.24. The topological polar surface area (TPSA) is 28.7 Å². The fraction of sp³-hybridized carbons (Fsp3) is 0.182. The van der Waals surface area contributed by atoms with Crippen molar-refractivity contribution in [1.29, 1.82) is 5.26 Å². The minimum absolute atomic E-state index is 0.760. The summed E-state index contributed by atoms with van der Waals surface area (Å²) in [7, 11) is 1.96. The van der Waals surface area contributed by atoms with Crippen LogP contribution in [-0.2, 0) is 7.05 Å². The standard InChI is InChI=1S/C11H10N2/c1-8-4-3-5-10-11(8)9(6-12)7-13(10)2/h3-5,7H,1-2H3. The van der Waals surface area contributed by atoms with Gasteiger partial charge in [-0.15, -0.1) is 0 Å². The number of nitriles is 1. The lowest BCUT2D eigenvalue weighted by Crippen LogP contribution is -1.83. The highest BCUT2D eigenvalue weighted by atomic mass is 14.9. The van der Waals surface area contributed by atoms with Crippen LogP contribution in [0.2, 0.25) is 0 Å². The monoisotopic (exact) mass is 170 g/mol. The van der Waals surface area contributed by atoms with E-state index in [1.54, 1.807) is 0 Å². The van der Waals surface area contributed by atoms with E-state index in [0.717, 1.165) is 22.0 Å². The molecule has 1 heterocycles. The van der Waals surface area contributed by atoms with Crippen LogP contribution in [0.4, 0.5) is 0 Å². The summed E-state index contributed by atoms with van der Waals surface area (Å²) in [6, 6.07) is 8.29. The van der Waals surface area contributed by atoms with Gasteiger partial charge < -0.3 is 4.57 Å². The lowest BCUT2D eigenvalue weighted by atomic mass is 10.1. The van der Waals surface area contributed by atoms with Crippen molar-refractivity contribution in [1.82, 2.24) is 4.57 Å². The number of nitrogens with zero attached hydrogens (tertiary/aromatic N) is 2. The lowest BCUT2D eigenvalue weighted by Gasteiger charge is -1.97. The average molecular weight is 170 g/mol. The molecule has 1 aromatic heterocycles. The smallest absolute Gasteiger partial charge is 0.101 e. The van der Waals surface area contributed by atoms with E-state index in [9.17, 15) is 0 Å². The van der Waals surface area contributed by atoms with Gasteiger partial charge in [-0.2, -0.15) is 5.26 Å². The second kappa shape index (κ2) is 2.63. The molecule has 0 radical (unpaired) electrons. The molecule has 0 aliphatic carbocycles. The molecule has 0 aliphatic rings. The van der Waals surface area contributed by atoms with Crippen LogP contribution < -0.4 is 0 Å². The summed E-state index contributed by atoms with van der Waals surface area (Å²) in [6.45, 7) is 2.03. The van der Waals surface area contributed by atoms with Crippen molar-refractivity contribution >= 4 is 10.9 Å². The van der Waals surface area contributed by atoms with Crippen LogP contribution in [0.15, 0.2) is 24.4 Å². The number of aryl methyl sites for hydroxylation is 2. The van der Waals surface area contributed by atoms with Gasteiger partial charge in [0.1, 0.15) is 6.07 Å². The first-order valence-corrected chi connectivity index (χ1v) is 4.19. The maximum Gasteiger partial charge on any atom is 0.101 e.